The number of Topliss-reactive ketones (excluding diaryl/α,β-unsaturated/α-hetero) is 1. The van der Waals surface area contributed by atoms with E-state index in [0.29, 0.717) is 12.2 Å². The molecule has 0 aromatic heterocycles. The molecule has 1 N–H and O–H groups in total. The van der Waals surface area contributed by atoms with Gasteiger partial charge in [-0.1, -0.05) is 81.4 Å². The lowest BCUT2D eigenvalue weighted by molar-refractivity contribution is -0.147. The molecular formula is C31H43NO7Si. The fourth-order valence-corrected chi connectivity index (χ4v) is 9.91. The van der Waals surface area contributed by atoms with Gasteiger partial charge in [0.15, 0.2) is 12.0 Å². The van der Waals surface area contributed by atoms with Gasteiger partial charge in [-0.15, -0.1) is 0 Å². The number of hydrogen-bond donors (Lipinski definition) is 1. The number of ether oxygens (including phenoxy) is 3. The molecule has 1 aliphatic heterocycles. The van der Waals surface area contributed by atoms with Crippen LogP contribution in [-0.2, 0) is 28.2 Å². The topological polar surface area (TPSA) is 94.5 Å². The van der Waals surface area contributed by atoms with Gasteiger partial charge in [-0.2, -0.15) is 0 Å². The number of amides is 1. The Bertz CT molecular complexity index is 1110. The number of carbonyl (C=O) groups is 2. The Morgan fingerprint density at radius 1 is 0.950 bits per heavy atom. The quantitative estimate of drug-likeness (QED) is 0.239. The highest BCUT2D eigenvalue weighted by atomic mass is 28.4. The molecule has 0 aliphatic carbocycles. The second-order valence-electron chi connectivity index (χ2n) is 11.1. The third kappa shape index (κ3) is 6.79. The number of ketones is 1. The van der Waals surface area contributed by atoms with E-state index in [0.717, 1.165) is 10.4 Å². The molecule has 0 spiro atoms. The second kappa shape index (κ2) is 13.8. The lowest BCUT2D eigenvalue weighted by Crippen LogP contribution is -2.69. The molecule has 0 unspecified atom stereocenters. The van der Waals surface area contributed by atoms with E-state index in [4.69, 9.17) is 18.6 Å². The Morgan fingerprint density at radius 2 is 1.50 bits per heavy atom. The fraction of sp³-hybridized carbons (Fsp3) is 0.484. The number of aliphatic hydroxyl groups is 1. The first-order valence-electron chi connectivity index (χ1n) is 13.6. The minimum absolute atomic E-state index is 0.167. The van der Waals surface area contributed by atoms with Crippen LogP contribution in [0.15, 0.2) is 72.4 Å². The molecule has 0 radical (unpaired) electrons. The maximum absolute atomic E-state index is 12.9. The van der Waals surface area contributed by atoms with Gasteiger partial charge in [0.25, 0.3) is 8.32 Å². The molecule has 8 nitrogen and oxygen atoms in total. The number of hydrogen-bond acceptors (Lipinski definition) is 7. The SMILES string of the molecule is COCCO[C@@H]1[C@H](O[Si](c2ccccc2)(c2ccccc2)C(C)(C)C)[C@@H](CO)O[C@H]1N(/C=C(/C)C(C)=O)C(C)=O. The molecule has 2 aromatic rings. The van der Waals surface area contributed by atoms with E-state index in [2.05, 4.69) is 45.0 Å². The Kier molecular flexibility index (Phi) is 11.0. The summed E-state index contributed by atoms with van der Waals surface area (Å²) in [5.74, 6) is -0.492. The van der Waals surface area contributed by atoms with Crippen molar-refractivity contribution in [2.24, 2.45) is 0 Å². The summed E-state index contributed by atoms with van der Waals surface area (Å²) in [6, 6.07) is 20.3. The zero-order valence-corrected chi connectivity index (χ0v) is 25.6. The van der Waals surface area contributed by atoms with Gasteiger partial charge < -0.3 is 23.7 Å². The molecule has 1 amide bonds. The van der Waals surface area contributed by atoms with Crippen LogP contribution in [-0.4, -0.2) is 81.5 Å². The maximum Gasteiger partial charge on any atom is 0.261 e. The van der Waals surface area contributed by atoms with Crippen molar-refractivity contribution in [1.82, 2.24) is 4.90 Å². The molecule has 1 heterocycles. The molecule has 1 saturated heterocycles. The summed E-state index contributed by atoms with van der Waals surface area (Å²) in [6.45, 7) is 11.2. The van der Waals surface area contributed by atoms with Crippen molar-refractivity contribution in [2.75, 3.05) is 26.9 Å². The number of rotatable bonds is 12. The van der Waals surface area contributed by atoms with Crippen LogP contribution in [0.1, 0.15) is 41.5 Å². The lowest BCUT2D eigenvalue weighted by Gasteiger charge is -2.46. The molecule has 0 bridgehead atoms. The summed E-state index contributed by atoms with van der Waals surface area (Å²) in [6.07, 6.45) is -1.72. The van der Waals surface area contributed by atoms with E-state index in [1.807, 2.05) is 36.4 Å². The van der Waals surface area contributed by atoms with Crippen LogP contribution < -0.4 is 10.4 Å². The van der Waals surface area contributed by atoms with Crippen molar-refractivity contribution < 1.29 is 33.3 Å². The predicted octanol–water partition coefficient (Wildman–Crippen LogP) is 3.02. The smallest absolute Gasteiger partial charge is 0.261 e. The first-order valence-corrected chi connectivity index (χ1v) is 15.5. The summed E-state index contributed by atoms with van der Waals surface area (Å²) in [4.78, 5) is 26.3. The van der Waals surface area contributed by atoms with Gasteiger partial charge in [0.2, 0.25) is 5.91 Å². The highest BCUT2D eigenvalue weighted by molar-refractivity contribution is 6.99. The van der Waals surface area contributed by atoms with Crippen LogP contribution in [0, 0.1) is 0 Å². The zero-order chi connectivity index (χ0) is 29.5. The Morgan fingerprint density at radius 3 is 1.93 bits per heavy atom. The van der Waals surface area contributed by atoms with Crippen molar-refractivity contribution in [3.05, 3.63) is 72.4 Å². The molecule has 0 saturated carbocycles. The second-order valence-corrected chi connectivity index (χ2v) is 15.4. The number of aliphatic hydroxyl groups excluding tert-OH is 1. The van der Waals surface area contributed by atoms with Crippen LogP contribution in [0.5, 0.6) is 0 Å². The highest BCUT2D eigenvalue weighted by Crippen LogP contribution is 2.41. The Balaban J connectivity index is 2.20. The molecule has 1 fully saturated rings. The van der Waals surface area contributed by atoms with Crippen LogP contribution in [0.25, 0.3) is 0 Å². The maximum atomic E-state index is 12.9. The van der Waals surface area contributed by atoms with E-state index in [1.54, 1.807) is 14.0 Å². The van der Waals surface area contributed by atoms with Crippen molar-refractivity contribution >= 4 is 30.4 Å². The van der Waals surface area contributed by atoms with Crippen LogP contribution in [0.4, 0.5) is 0 Å². The van der Waals surface area contributed by atoms with E-state index in [1.165, 1.54) is 24.9 Å². The summed E-state index contributed by atoms with van der Waals surface area (Å²) in [7, 11) is -1.50. The molecule has 2 aromatic carbocycles. The molecule has 1 aliphatic rings. The molecule has 3 rings (SSSR count). The number of nitrogens with zero attached hydrogens (tertiary/aromatic N) is 1. The Labute approximate surface area is 239 Å². The van der Waals surface area contributed by atoms with Gasteiger partial charge in [0, 0.05) is 25.8 Å². The van der Waals surface area contributed by atoms with Crippen LogP contribution in [0.2, 0.25) is 5.04 Å². The number of allylic oxidation sites excluding steroid dienone is 1. The standard InChI is InChI=1S/C31H43NO7Si/c1-22(23(2)34)20-32(24(3)35)30-29(37-19-18-36-7)28(27(21-33)38-30)39-40(31(4,5)6,25-14-10-8-11-15-25)26-16-12-9-13-17-26/h8-17,20,27-30,33H,18-19,21H2,1-7H3/b22-20-/t27-,28-,29-,30-/m1/s1. The van der Waals surface area contributed by atoms with Gasteiger partial charge in [-0.05, 0) is 29.3 Å². The summed E-state index contributed by atoms with van der Waals surface area (Å²) < 4.78 is 25.3. The summed E-state index contributed by atoms with van der Waals surface area (Å²) >= 11 is 0. The predicted molar refractivity (Wildman–Crippen MR) is 157 cm³/mol. The monoisotopic (exact) mass is 569 g/mol. The van der Waals surface area contributed by atoms with Crippen LogP contribution in [0.3, 0.4) is 0 Å². The van der Waals surface area contributed by atoms with E-state index in [-0.39, 0.29) is 29.9 Å². The van der Waals surface area contributed by atoms with E-state index >= 15 is 0 Å². The van der Waals surface area contributed by atoms with Gasteiger partial charge in [0.1, 0.15) is 18.3 Å². The molecule has 9 heteroatoms. The summed E-state index contributed by atoms with van der Waals surface area (Å²) in [5, 5.41) is 12.3. The molecular weight excluding hydrogens is 526 g/mol. The third-order valence-electron chi connectivity index (χ3n) is 7.32. The van der Waals surface area contributed by atoms with Crippen molar-refractivity contribution in [1.29, 1.82) is 0 Å². The molecule has 40 heavy (non-hydrogen) atoms. The average Bonchev–Trinajstić information content (AvgIpc) is 3.26. The molecule has 4 atom stereocenters. The number of carbonyl (C=O) groups excluding carboxylic acids is 2. The average molecular weight is 570 g/mol. The lowest BCUT2D eigenvalue weighted by atomic mass is 10.1. The van der Waals surface area contributed by atoms with Crippen molar-refractivity contribution in [3.8, 4) is 0 Å². The minimum atomic E-state index is -3.08. The molecule has 218 valence electrons. The minimum Gasteiger partial charge on any atom is -0.399 e. The van der Waals surface area contributed by atoms with Crippen LogP contribution >= 0.6 is 0 Å². The fourth-order valence-electron chi connectivity index (χ4n) is 5.20. The van der Waals surface area contributed by atoms with E-state index in [9.17, 15) is 14.7 Å². The first-order chi connectivity index (χ1) is 19.0. The first kappa shape index (κ1) is 31.9. The zero-order valence-electron chi connectivity index (χ0n) is 24.6. The van der Waals surface area contributed by atoms with Crippen molar-refractivity contribution in [2.45, 2.75) is 71.1 Å². The Hall–Kier alpha value is -2.66. The highest BCUT2D eigenvalue weighted by Gasteiger charge is 2.57. The normalized spacial score (nSPS) is 21.9. The number of benzene rings is 2. The third-order valence-corrected chi connectivity index (χ3v) is 12.3. The van der Waals surface area contributed by atoms with E-state index < -0.39 is 32.9 Å². The van der Waals surface area contributed by atoms with Gasteiger partial charge >= 0.3 is 0 Å². The number of methoxy groups -OCH3 is 1. The van der Waals surface area contributed by atoms with Gasteiger partial charge in [0.05, 0.1) is 19.8 Å². The largest absolute Gasteiger partial charge is 0.399 e. The van der Waals surface area contributed by atoms with Crippen molar-refractivity contribution in [3.63, 3.8) is 0 Å². The van der Waals surface area contributed by atoms with Gasteiger partial charge in [-0.25, -0.2) is 0 Å². The van der Waals surface area contributed by atoms with Gasteiger partial charge in [-0.3, -0.25) is 14.5 Å². The summed E-state index contributed by atoms with van der Waals surface area (Å²) in [5.41, 5.74) is 0.395.